The number of rotatable bonds is 6. The number of nitrogens with zero attached hydrogens (tertiary/aromatic N) is 2. The SMILES string of the molecule is CCCc1ccc(-c2ccc(C34CCC(CCC)(CC3)CC4)c(C#N)c2C#N)cc1Cl. The van der Waals surface area contributed by atoms with Gasteiger partial charge < -0.3 is 0 Å². The van der Waals surface area contributed by atoms with E-state index in [9.17, 15) is 10.5 Å². The fraction of sp³-hybridized carbons (Fsp3) is 0.500. The van der Waals surface area contributed by atoms with E-state index in [1.54, 1.807) is 0 Å². The fourth-order valence-electron chi connectivity index (χ4n) is 6.28. The summed E-state index contributed by atoms with van der Waals surface area (Å²) in [6.45, 7) is 4.43. The second kappa shape index (κ2) is 8.68. The highest BCUT2D eigenvalue weighted by Crippen LogP contribution is 2.60. The molecule has 2 aromatic rings. The van der Waals surface area contributed by atoms with Crippen molar-refractivity contribution >= 4 is 11.6 Å². The minimum absolute atomic E-state index is 0.0628. The summed E-state index contributed by atoms with van der Waals surface area (Å²) < 4.78 is 0. The Bertz CT molecular complexity index is 1050. The molecule has 0 heterocycles. The van der Waals surface area contributed by atoms with Crippen LogP contribution in [0.2, 0.25) is 5.02 Å². The fourth-order valence-corrected chi connectivity index (χ4v) is 6.55. The first kappa shape index (κ1) is 21.9. The number of benzene rings is 2. The summed E-state index contributed by atoms with van der Waals surface area (Å²) in [6, 6.07) is 15.0. The van der Waals surface area contributed by atoms with E-state index in [1.807, 2.05) is 12.1 Å². The number of hydrogen-bond acceptors (Lipinski definition) is 2. The highest BCUT2D eigenvalue weighted by Gasteiger charge is 2.49. The molecule has 3 aliphatic carbocycles. The zero-order valence-corrected chi connectivity index (χ0v) is 19.5. The normalized spacial score (nSPS) is 24.5. The summed E-state index contributed by atoms with van der Waals surface area (Å²) in [6.07, 6.45) is 11.7. The maximum Gasteiger partial charge on any atom is 0.101 e. The Kier molecular flexibility index (Phi) is 6.14. The molecule has 3 fully saturated rings. The smallest absolute Gasteiger partial charge is 0.101 e. The van der Waals surface area contributed by atoms with Gasteiger partial charge in [-0.25, -0.2) is 0 Å². The average Bonchev–Trinajstić information content (AvgIpc) is 2.80. The number of aryl methyl sites for hydroxylation is 1. The molecule has 0 unspecified atom stereocenters. The molecule has 2 nitrogen and oxygen atoms in total. The summed E-state index contributed by atoms with van der Waals surface area (Å²) in [5.41, 5.74) is 5.64. The van der Waals surface area contributed by atoms with Crippen LogP contribution in [0.1, 0.15) is 93.9 Å². The van der Waals surface area contributed by atoms with E-state index in [0.717, 1.165) is 59.4 Å². The Labute approximate surface area is 191 Å². The maximum absolute atomic E-state index is 10.1. The lowest BCUT2D eigenvalue weighted by Gasteiger charge is -2.54. The summed E-state index contributed by atoms with van der Waals surface area (Å²) in [7, 11) is 0. The first-order valence-corrected chi connectivity index (χ1v) is 12.2. The lowest BCUT2D eigenvalue weighted by Crippen LogP contribution is -2.44. The number of fused-ring (bicyclic) bond motifs is 3. The molecule has 0 aliphatic heterocycles. The van der Waals surface area contributed by atoms with Crippen LogP contribution in [0.15, 0.2) is 30.3 Å². The molecule has 2 aromatic carbocycles. The summed E-state index contributed by atoms with van der Waals surface area (Å²) in [5, 5.41) is 20.9. The van der Waals surface area contributed by atoms with E-state index in [4.69, 9.17) is 11.6 Å². The van der Waals surface area contributed by atoms with Crippen LogP contribution >= 0.6 is 11.6 Å². The Morgan fingerprint density at radius 1 is 0.871 bits per heavy atom. The standard InChI is InChI=1S/C28H31ClN2/c1-3-5-20-6-7-21(17-26(20)29)22-8-9-25(24(19-31)23(22)18-30)28-14-11-27(10-4-2,12-15-28)13-16-28/h6-9,17H,3-5,10-16H2,1-2H3. The zero-order chi connectivity index (χ0) is 22.1. The Morgan fingerprint density at radius 3 is 2.10 bits per heavy atom. The monoisotopic (exact) mass is 430 g/mol. The van der Waals surface area contributed by atoms with E-state index in [0.29, 0.717) is 16.5 Å². The van der Waals surface area contributed by atoms with Gasteiger partial charge in [-0.1, -0.05) is 62.6 Å². The molecule has 5 rings (SSSR count). The van der Waals surface area contributed by atoms with Crippen LogP contribution in [0.4, 0.5) is 0 Å². The molecule has 3 aliphatic rings. The molecule has 0 aromatic heterocycles. The van der Waals surface area contributed by atoms with Gasteiger partial charge in [0.15, 0.2) is 0 Å². The minimum Gasteiger partial charge on any atom is -0.192 e. The van der Waals surface area contributed by atoms with Crippen LogP contribution < -0.4 is 0 Å². The van der Waals surface area contributed by atoms with Gasteiger partial charge in [-0.05, 0) is 85.0 Å². The zero-order valence-electron chi connectivity index (χ0n) is 18.7. The molecule has 0 atom stereocenters. The van der Waals surface area contributed by atoms with Gasteiger partial charge >= 0.3 is 0 Å². The van der Waals surface area contributed by atoms with Gasteiger partial charge in [-0.2, -0.15) is 10.5 Å². The minimum atomic E-state index is 0.0628. The molecule has 0 amide bonds. The first-order valence-electron chi connectivity index (χ1n) is 11.8. The second-order valence-electron chi connectivity index (χ2n) is 9.72. The molecule has 0 radical (unpaired) electrons. The van der Waals surface area contributed by atoms with Crippen molar-refractivity contribution in [3.63, 3.8) is 0 Å². The summed E-state index contributed by atoms with van der Waals surface area (Å²) in [4.78, 5) is 0. The maximum atomic E-state index is 10.1. The van der Waals surface area contributed by atoms with E-state index in [1.165, 1.54) is 32.1 Å². The largest absolute Gasteiger partial charge is 0.192 e. The number of halogens is 1. The van der Waals surface area contributed by atoms with Gasteiger partial charge in [-0.3, -0.25) is 0 Å². The molecule has 0 saturated heterocycles. The Balaban J connectivity index is 1.75. The van der Waals surface area contributed by atoms with Gasteiger partial charge in [0.2, 0.25) is 0 Å². The van der Waals surface area contributed by atoms with Crippen LogP contribution in [-0.4, -0.2) is 0 Å². The molecule has 3 heteroatoms. The Hall–Kier alpha value is -2.29. The molecule has 0 spiro atoms. The average molecular weight is 431 g/mol. The summed E-state index contributed by atoms with van der Waals surface area (Å²) >= 11 is 6.52. The Morgan fingerprint density at radius 2 is 1.55 bits per heavy atom. The van der Waals surface area contributed by atoms with E-state index in [-0.39, 0.29) is 5.41 Å². The van der Waals surface area contributed by atoms with Gasteiger partial charge in [0.05, 0.1) is 11.1 Å². The van der Waals surface area contributed by atoms with Gasteiger partial charge in [0.25, 0.3) is 0 Å². The van der Waals surface area contributed by atoms with Crippen LogP contribution in [0.5, 0.6) is 0 Å². The quantitative estimate of drug-likeness (QED) is 0.464. The van der Waals surface area contributed by atoms with Gasteiger partial charge in [-0.15, -0.1) is 0 Å². The van der Waals surface area contributed by atoms with Gasteiger partial charge in [0.1, 0.15) is 12.1 Å². The van der Waals surface area contributed by atoms with Gasteiger partial charge in [0, 0.05) is 10.6 Å². The highest BCUT2D eigenvalue weighted by atomic mass is 35.5. The van der Waals surface area contributed by atoms with Crippen molar-refractivity contribution in [2.75, 3.05) is 0 Å². The second-order valence-corrected chi connectivity index (χ2v) is 10.1. The molecule has 0 N–H and O–H groups in total. The van der Waals surface area contributed by atoms with E-state index in [2.05, 4.69) is 44.2 Å². The van der Waals surface area contributed by atoms with Crippen molar-refractivity contribution in [3.8, 4) is 23.3 Å². The predicted molar refractivity (Wildman–Crippen MR) is 127 cm³/mol. The first-order chi connectivity index (χ1) is 15.0. The third kappa shape index (κ3) is 3.77. The predicted octanol–water partition coefficient (Wildman–Crippen LogP) is 8.09. The summed E-state index contributed by atoms with van der Waals surface area (Å²) in [5.74, 6) is 0. The van der Waals surface area contributed by atoms with E-state index < -0.39 is 0 Å². The van der Waals surface area contributed by atoms with Crippen molar-refractivity contribution in [1.29, 1.82) is 10.5 Å². The van der Waals surface area contributed by atoms with Crippen LogP contribution in [0.25, 0.3) is 11.1 Å². The highest BCUT2D eigenvalue weighted by molar-refractivity contribution is 6.31. The number of hydrogen-bond donors (Lipinski definition) is 0. The molecular weight excluding hydrogens is 400 g/mol. The third-order valence-electron chi connectivity index (χ3n) is 8.07. The van der Waals surface area contributed by atoms with E-state index >= 15 is 0 Å². The molecule has 3 saturated carbocycles. The molecule has 160 valence electrons. The van der Waals surface area contributed by atoms with Crippen molar-refractivity contribution < 1.29 is 0 Å². The van der Waals surface area contributed by atoms with Crippen LogP contribution in [0.3, 0.4) is 0 Å². The third-order valence-corrected chi connectivity index (χ3v) is 8.42. The molecule has 31 heavy (non-hydrogen) atoms. The van der Waals surface area contributed by atoms with Crippen molar-refractivity contribution in [2.45, 2.75) is 83.5 Å². The van der Waals surface area contributed by atoms with Crippen molar-refractivity contribution in [1.82, 2.24) is 0 Å². The van der Waals surface area contributed by atoms with Crippen LogP contribution in [0, 0.1) is 28.1 Å². The van der Waals surface area contributed by atoms with Crippen LogP contribution in [-0.2, 0) is 11.8 Å². The van der Waals surface area contributed by atoms with Crippen molar-refractivity contribution in [3.05, 3.63) is 57.6 Å². The lowest BCUT2D eigenvalue weighted by molar-refractivity contribution is 0.0319. The lowest BCUT2D eigenvalue weighted by atomic mass is 9.50. The van der Waals surface area contributed by atoms with Crippen molar-refractivity contribution in [2.24, 2.45) is 5.41 Å². The molecular formula is C28H31ClN2. The molecule has 2 bridgehead atoms. The number of nitriles is 2. The topological polar surface area (TPSA) is 47.6 Å².